The van der Waals surface area contributed by atoms with Crippen molar-refractivity contribution < 1.29 is 27.9 Å². The molecule has 0 aliphatic rings. The van der Waals surface area contributed by atoms with Crippen LogP contribution in [0.4, 0.5) is 5.69 Å². The molecule has 0 bridgehead atoms. The summed E-state index contributed by atoms with van der Waals surface area (Å²) < 4.78 is 29.6. The Hall–Kier alpha value is -2.87. The zero-order chi connectivity index (χ0) is 19.2. The molecule has 2 rings (SSSR count). The molecule has 0 saturated heterocycles. The van der Waals surface area contributed by atoms with E-state index in [2.05, 4.69) is 5.32 Å². The van der Waals surface area contributed by atoms with Gasteiger partial charge in [0.1, 0.15) is 11.5 Å². The Kier molecular flexibility index (Phi) is 6.35. The average molecular weight is 377 g/mol. The number of ether oxygens (including phenoxy) is 1. The van der Waals surface area contributed by atoms with Crippen molar-refractivity contribution in [2.24, 2.45) is 0 Å². The quantitative estimate of drug-likeness (QED) is 0.731. The van der Waals surface area contributed by atoms with Crippen LogP contribution >= 0.6 is 0 Å². The van der Waals surface area contributed by atoms with E-state index >= 15 is 0 Å². The number of benzene rings is 2. The Morgan fingerprint density at radius 2 is 1.65 bits per heavy atom. The number of carboxylic acids is 1. The zero-order valence-electron chi connectivity index (χ0n) is 14.1. The average Bonchev–Trinajstić information content (AvgIpc) is 2.56. The van der Waals surface area contributed by atoms with Crippen LogP contribution in [0.1, 0.15) is 22.8 Å². The fraction of sp³-hybridized carbons (Fsp3) is 0.222. The molecule has 0 atom stereocenters. The van der Waals surface area contributed by atoms with Crippen LogP contribution in [-0.2, 0) is 20.4 Å². The summed E-state index contributed by atoms with van der Waals surface area (Å²) in [6.07, 6.45) is 0. The van der Waals surface area contributed by atoms with Crippen LogP contribution in [0.5, 0.6) is 5.75 Å². The summed E-state index contributed by atoms with van der Waals surface area (Å²) >= 11 is 0. The molecule has 0 heterocycles. The molecule has 138 valence electrons. The fourth-order valence-corrected chi connectivity index (χ4v) is 3.52. The van der Waals surface area contributed by atoms with Crippen molar-refractivity contribution in [3.8, 4) is 5.75 Å². The highest BCUT2D eigenvalue weighted by molar-refractivity contribution is 7.91. The second kappa shape index (κ2) is 8.48. The van der Waals surface area contributed by atoms with Crippen molar-refractivity contribution in [1.29, 1.82) is 0 Å². The molecule has 0 aliphatic heterocycles. The third kappa shape index (κ3) is 5.89. The third-order valence-corrected chi connectivity index (χ3v) is 4.86. The molecule has 0 saturated carbocycles. The van der Waals surface area contributed by atoms with Gasteiger partial charge in [-0.25, -0.2) is 13.2 Å². The number of hydrogen-bond donors (Lipinski definition) is 2. The van der Waals surface area contributed by atoms with Gasteiger partial charge in [-0.1, -0.05) is 12.1 Å². The lowest BCUT2D eigenvalue weighted by molar-refractivity contribution is -0.113. The van der Waals surface area contributed by atoms with Crippen molar-refractivity contribution in [2.45, 2.75) is 12.7 Å². The van der Waals surface area contributed by atoms with Crippen molar-refractivity contribution in [3.05, 3.63) is 59.7 Å². The van der Waals surface area contributed by atoms with E-state index in [-0.39, 0.29) is 11.3 Å². The molecule has 0 unspecified atom stereocenters. The summed E-state index contributed by atoms with van der Waals surface area (Å²) in [4.78, 5) is 22.8. The first kappa shape index (κ1) is 19.5. The van der Waals surface area contributed by atoms with E-state index in [1.807, 2.05) is 6.92 Å². The van der Waals surface area contributed by atoms with Gasteiger partial charge in [0, 0.05) is 5.69 Å². The maximum atomic E-state index is 12.2. The minimum atomic E-state index is -3.69. The second-order valence-electron chi connectivity index (χ2n) is 5.54. The Morgan fingerprint density at radius 3 is 2.19 bits per heavy atom. The number of rotatable bonds is 8. The number of hydrogen-bond acceptors (Lipinski definition) is 5. The number of carbonyl (C=O) groups is 2. The zero-order valence-corrected chi connectivity index (χ0v) is 15.0. The summed E-state index contributed by atoms with van der Waals surface area (Å²) in [6.45, 7) is 2.38. The minimum absolute atomic E-state index is 0.0689. The molecule has 2 N–H and O–H groups in total. The summed E-state index contributed by atoms with van der Waals surface area (Å²) in [5, 5.41) is 11.4. The second-order valence-corrected chi connectivity index (χ2v) is 7.60. The first-order valence-electron chi connectivity index (χ1n) is 7.84. The van der Waals surface area contributed by atoms with E-state index < -0.39 is 27.5 Å². The van der Waals surface area contributed by atoms with Crippen LogP contribution in [0.25, 0.3) is 0 Å². The molecule has 1 amide bonds. The lowest BCUT2D eigenvalue weighted by atomic mass is 10.1. The molecular formula is C18H19NO6S. The standard InChI is InChI=1S/C18H19NO6S/c1-2-25-16-9-7-15(8-10-16)19-17(20)12-26(23,24)11-13-3-5-14(6-4-13)18(21)22/h3-10H,2,11-12H2,1H3,(H,19,20)(H,21,22). The molecular weight excluding hydrogens is 358 g/mol. The predicted octanol–water partition coefficient (Wildman–Crippen LogP) is 2.34. The van der Waals surface area contributed by atoms with Crippen molar-refractivity contribution in [2.75, 3.05) is 17.7 Å². The summed E-state index contributed by atoms with van der Waals surface area (Å²) in [5.41, 5.74) is 0.961. The van der Waals surface area contributed by atoms with Gasteiger partial charge >= 0.3 is 5.97 Å². The molecule has 2 aromatic carbocycles. The van der Waals surface area contributed by atoms with E-state index in [0.29, 0.717) is 23.6 Å². The van der Waals surface area contributed by atoms with Crippen LogP contribution in [0, 0.1) is 0 Å². The molecule has 0 fully saturated rings. The normalized spacial score (nSPS) is 11.0. The Balaban J connectivity index is 1.95. The van der Waals surface area contributed by atoms with Crippen LogP contribution in [0.3, 0.4) is 0 Å². The van der Waals surface area contributed by atoms with Crippen LogP contribution < -0.4 is 10.1 Å². The van der Waals surface area contributed by atoms with Gasteiger partial charge in [-0.15, -0.1) is 0 Å². The van der Waals surface area contributed by atoms with Gasteiger partial charge in [0.05, 0.1) is 17.9 Å². The summed E-state index contributed by atoms with van der Waals surface area (Å²) in [6, 6.07) is 12.1. The molecule has 0 aliphatic carbocycles. The lowest BCUT2D eigenvalue weighted by Crippen LogP contribution is -2.24. The fourth-order valence-electron chi connectivity index (χ4n) is 2.25. The van der Waals surface area contributed by atoms with Gasteiger partial charge in [-0.05, 0) is 48.9 Å². The highest BCUT2D eigenvalue weighted by Gasteiger charge is 2.18. The van der Waals surface area contributed by atoms with E-state index in [9.17, 15) is 18.0 Å². The summed E-state index contributed by atoms with van der Waals surface area (Å²) in [5.74, 6) is -2.09. The Morgan fingerprint density at radius 1 is 1.04 bits per heavy atom. The maximum Gasteiger partial charge on any atom is 0.335 e. The van der Waals surface area contributed by atoms with E-state index in [4.69, 9.17) is 9.84 Å². The number of carboxylic acid groups (broad SMARTS) is 1. The number of carbonyl (C=O) groups excluding carboxylic acids is 1. The summed E-state index contributed by atoms with van der Waals surface area (Å²) in [7, 11) is -3.69. The number of aromatic carboxylic acids is 1. The van der Waals surface area contributed by atoms with Crippen LogP contribution in [0.15, 0.2) is 48.5 Å². The van der Waals surface area contributed by atoms with Gasteiger partial charge < -0.3 is 15.2 Å². The largest absolute Gasteiger partial charge is 0.494 e. The van der Waals surface area contributed by atoms with Crippen molar-refractivity contribution >= 4 is 27.4 Å². The molecule has 7 nitrogen and oxygen atoms in total. The van der Waals surface area contributed by atoms with Crippen molar-refractivity contribution in [1.82, 2.24) is 0 Å². The SMILES string of the molecule is CCOc1ccc(NC(=O)CS(=O)(=O)Cc2ccc(C(=O)O)cc2)cc1. The van der Waals surface area contributed by atoms with Gasteiger partial charge in [-0.3, -0.25) is 4.79 Å². The molecule has 26 heavy (non-hydrogen) atoms. The number of sulfone groups is 1. The van der Waals surface area contributed by atoms with Gasteiger partial charge in [0.2, 0.25) is 5.91 Å². The molecule has 2 aromatic rings. The molecule has 8 heteroatoms. The highest BCUT2D eigenvalue weighted by atomic mass is 32.2. The first-order valence-corrected chi connectivity index (χ1v) is 9.66. The van der Waals surface area contributed by atoms with E-state index in [1.165, 1.54) is 24.3 Å². The monoisotopic (exact) mass is 377 g/mol. The number of amides is 1. The van der Waals surface area contributed by atoms with E-state index in [0.717, 1.165) is 0 Å². The van der Waals surface area contributed by atoms with Gasteiger partial charge in [-0.2, -0.15) is 0 Å². The molecule has 0 radical (unpaired) electrons. The highest BCUT2D eigenvalue weighted by Crippen LogP contribution is 2.16. The lowest BCUT2D eigenvalue weighted by Gasteiger charge is -2.08. The first-order chi connectivity index (χ1) is 12.3. The Labute approximate surface area is 151 Å². The maximum absolute atomic E-state index is 12.2. The smallest absolute Gasteiger partial charge is 0.335 e. The third-order valence-electron chi connectivity index (χ3n) is 3.39. The van der Waals surface area contributed by atoms with Gasteiger partial charge in [0.25, 0.3) is 0 Å². The van der Waals surface area contributed by atoms with Gasteiger partial charge in [0.15, 0.2) is 9.84 Å². The number of nitrogens with one attached hydrogen (secondary N) is 1. The molecule has 0 spiro atoms. The van der Waals surface area contributed by atoms with Crippen LogP contribution in [-0.4, -0.2) is 37.8 Å². The number of anilines is 1. The van der Waals surface area contributed by atoms with Crippen molar-refractivity contribution in [3.63, 3.8) is 0 Å². The minimum Gasteiger partial charge on any atom is -0.494 e. The predicted molar refractivity (Wildman–Crippen MR) is 97.1 cm³/mol. The van der Waals surface area contributed by atoms with Crippen LogP contribution in [0.2, 0.25) is 0 Å². The topological polar surface area (TPSA) is 110 Å². The van der Waals surface area contributed by atoms with E-state index in [1.54, 1.807) is 24.3 Å². The molecule has 0 aromatic heterocycles. The Bertz CT molecular complexity index is 873.